The van der Waals surface area contributed by atoms with Gasteiger partial charge in [-0.05, 0) is 12.5 Å². The second-order valence-electron chi connectivity index (χ2n) is 1.59. The van der Waals surface area contributed by atoms with Crippen molar-refractivity contribution in [1.82, 2.24) is 0 Å². The van der Waals surface area contributed by atoms with Crippen molar-refractivity contribution < 1.29 is 0 Å². The summed E-state index contributed by atoms with van der Waals surface area (Å²) in [7, 11) is 0. The van der Waals surface area contributed by atoms with Crippen molar-refractivity contribution in [3.05, 3.63) is 49.1 Å². The fourth-order valence-electron chi connectivity index (χ4n) is 0.461. The molecule has 0 saturated heterocycles. The molecule has 0 heterocycles. The maximum absolute atomic E-state index is 3.63. The van der Waals surface area contributed by atoms with Gasteiger partial charge in [-0.1, -0.05) is 57.4 Å². The molecule has 0 unspecified atom stereocenters. The first kappa shape index (κ1) is 12.6. The molecule has 0 bridgehead atoms. The molecule has 0 radical (unpaired) electrons. The smallest absolute Gasteiger partial charge is 0.0305 e. The number of allylic oxidation sites excluding steroid dienone is 6. The van der Waals surface area contributed by atoms with Gasteiger partial charge in [-0.3, -0.25) is 0 Å². The predicted octanol–water partition coefficient (Wildman–Crippen LogP) is 3.89. The van der Waals surface area contributed by atoms with E-state index in [9.17, 15) is 0 Å². The second-order valence-corrected chi connectivity index (χ2v) is 1.59. The molecule has 0 rings (SSSR count). The van der Waals surface area contributed by atoms with E-state index in [0.717, 1.165) is 5.57 Å². The molecule has 11 heavy (non-hydrogen) atoms. The average molecular weight is 150 g/mol. The topological polar surface area (TPSA) is 0 Å². The Kier molecular flexibility index (Phi) is 13.4. The van der Waals surface area contributed by atoms with E-state index in [1.165, 1.54) is 0 Å². The predicted molar refractivity (Wildman–Crippen MR) is 54.6 cm³/mol. The van der Waals surface area contributed by atoms with Crippen molar-refractivity contribution in [3.8, 4) is 0 Å². The van der Waals surface area contributed by atoms with E-state index in [1.807, 2.05) is 39.0 Å². The lowest BCUT2D eigenvalue weighted by Gasteiger charge is -1.85. The van der Waals surface area contributed by atoms with Gasteiger partial charge < -0.3 is 0 Å². The van der Waals surface area contributed by atoms with Crippen molar-refractivity contribution >= 4 is 0 Å². The van der Waals surface area contributed by atoms with E-state index in [0.29, 0.717) is 0 Å². The largest absolute Gasteiger partial charge is 0.0991 e. The molecule has 0 aliphatic heterocycles. The first-order valence-electron chi connectivity index (χ1n) is 3.93. The van der Waals surface area contributed by atoms with Crippen LogP contribution in [0.25, 0.3) is 0 Å². The molecule has 0 atom stereocenters. The summed E-state index contributed by atoms with van der Waals surface area (Å²) in [6.45, 7) is 13.2. The summed E-state index contributed by atoms with van der Waals surface area (Å²) in [5, 5.41) is 0. The summed E-state index contributed by atoms with van der Waals surface area (Å²) in [5.41, 5.74) is 1.12. The fraction of sp³-hybridized carbons (Fsp3) is 0.273. The lowest BCUT2D eigenvalue weighted by atomic mass is 10.2. The average Bonchev–Trinajstić information content (AvgIpc) is 2.10. The zero-order chi connectivity index (χ0) is 9.11. The number of hydrogen-bond acceptors (Lipinski definition) is 0. The minimum Gasteiger partial charge on any atom is -0.0991 e. The van der Waals surface area contributed by atoms with Crippen LogP contribution in [-0.4, -0.2) is 0 Å². The monoisotopic (exact) mass is 150 g/mol. The van der Waals surface area contributed by atoms with Gasteiger partial charge >= 0.3 is 0 Å². The van der Waals surface area contributed by atoms with Crippen molar-refractivity contribution in [2.75, 3.05) is 0 Å². The fourth-order valence-corrected chi connectivity index (χ4v) is 0.461. The molecule has 0 saturated carbocycles. The Hall–Kier alpha value is -1.04. The van der Waals surface area contributed by atoms with E-state index >= 15 is 0 Å². The molecule has 0 fully saturated rings. The summed E-state index contributed by atoms with van der Waals surface area (Å²) in [6, 6.07) is 0. The SMILES string of the molecule is C=C/C=C\C(C=C)=C/C.CC. The third-order valence-corrected chi connectivity index (χ3v) is 0.994. The van der Waals surface area contributed by atoms with Crippen molar-refractivity contribution in [3.63, 3.8) is 0 Å². The van der Waals surface area contributed by atoms with Gasteiger partial charge in [0.1, 0.15) is 0 Å². The Labute approximate surface area is 70.6 Å². The molecule has 0 nitrogen and oxygen atoms in total. The molecule has 0 N–H and O–H groups in total. The van der Waals surface area contributed by atoms with Gasteiger partial charge in [0.15, 0.2) is 0 Å². The third kappa shape index (κ3) is 8.96. The molecule has 62 valence electrons. The first-order chi connectivity index (χ1) is 5.35. The zero-order valence-electron chi connectivity index (χ0n) is 7.80. The van der Waals surface area contributed by atoms with Crippen LogP contribution in [0.5, 0.6) is 0 Å². The van der Waals surface area contributed by atoms with Crippen molar-refractivity contribution in [2.45, 2.75) is 20.8 Å². The van der Waals surface area contributed by atoms with E-state index in [1.54, 1.807) is 12.2 Å². The standard InChI is InChI=1S/C9H12.C2H6/c1-4-7-8-9(5-2)6-3;1-2/h4-8H,1-2H2,3H3;1-2H3/b8-7-,9-6-;. The van der Waals surface area contributed by atoms with Crippen LogP contribution in [-0.2, 0) is 0 Å². The Morgan fingerprint density at radius 2 is 1.73 bits per heavy atom. The minimum absolute atomic E-state index is 1.12. The Morgan fingerprint density at radius 3 is 2.00 bits per heavy atom. The maximum Gasteiger partial charge on any atom is -0.0305 e. The maximum atomic E-state index is 3.63. The van der Waals surface area contributed by atoms with Crippen LogP contribution in [0.15, 0.2) is 49.1 Å². The molecular weight excluding hydrogens is 132 g/mol. The van der Waals surface area contributed by atoms with E-state index in [2.05, 4.69) is 13.2 Å². The molecular formula is C11H18. The molecule has 0 aliphatic carbocycles. The van der Waals surface area contributed by atoms with Crippen LogP contribution in [0.1, 0.15) is 20.8 Å². The lowest BCUT2D eigenvalue weighted by Crippen LogP contribution is -1.64. The second kappa shape index (κ2) is 11.7. The van der Waals surface area contributed by atoms with Crippen molar-refractivity contribution in [2.24, 2.45) is 0 Å². The van der Waals surface area contributed by atoms with E-state index < -0.39 is 0 Å². The Balaban J connectivity index is 0. The molecule has 0 amide bonds. The highest BCUT2D eigenvalue weighted by Gasteiger charge is 1.75. The summed E-state index contributed by atoms with van der Waals surface area (Å²) < 4.78 is 0. The summed E-state index contributed by atoms with van der Waals surface area (Å²) in [6.07, 6.45) is 9.39. The van der Waals surface area contributed by atoms with Crippen LogP contribution >= 0.6 is 0 Å². The van der Waals surface area contributed by atoms with E-state index in [-0.39, 0.29) is 0 Å². The normalized spacial score (nSPS) is 10.3. The highest BCUT2D eigenvalue weighted by atomic mass is 13.8. The minimum atomic E-state index is 1.12. The van der Waals surface area contributed by atoms with Crippen molar-refractivity contribution in [1.29, 1.82) is 0 Å². The molecule has 0 aromatic carbocycles. The zero-order valence-corrected chi connectivity index (χ0v) is 7.80. The highest BCUT2D eigenvalue weighted by molar-refractivity contribution is 5.29. The highest BCUT2D eigenvalue weighted by Crippen LogP contribution is 1.96. The van der Waals surface area contributed by atoms with Gasteiger partial charge in [-0.25, -0.2) is 0 Å². The van der Waals surface area contributed by atoms with Crippen LogP contribution in [0.4, 0.5) is 0 Å². The van der Waals surface area contributed by atoms with Gasteiger partial charge in [0, 0.05) is 0 Å². The van der Waals surface area contributed by atoms with Crippen LogP contribution in [0.2, 0.25) is 0 Å². The third-order valence-electron chi connectivity index (χ3n) is 0.994. The molecule has 0 heteroatoms. The molecule has 0 aromatic rings. The molecule has 0 aliphatic rings. The van der Waals surface area contributed by atoms with Gasteiger partial charge in [0.05, 0.1) is 0 Å². The Bertz CT molecular complexity index is 147. The van der Waals surface area contributed by atoms with Gasteiger partial charge in [-0.2, -0.15) is 0 Å². The first-order valence-corrected chi connectivity index (χ1v) is 3.93. The molecule has 0 spiro atoms. The van der Waals surface area contributed by atoms with Crippen LogP contribution in [0, 0.1) is 0 Å². The quantitative estimate of drug-likeness (QED) is 0.535. The number of rotatable bonds is 3. The van der Waals surface area contributed by atoms with E-state index in [4.69, 9.17) is 0 Å². The van der Waals surface area contributed by atoms with Crippen LogP contribution in [0.3, 0.4) is 0 Å². The summed E-state index contributed by atoms with van der Waals surface area (Å²) in [5.74, 6) is 0. The Morgan fingerprint density at radius 1 is 1.18 bits per heavy atom. The summed E-state index contributed by atoms with van der Waals surface area (Å²) in [4.78, 5) is 0. The van der Waals surface area contributed by atoms with Gasteiger partial charge in [0.2, 0.25) is 0 Å². The summed E-state index contributed by atoms with van der Waals surface area (Å²) >= 11 is 0. The van der Waals surface area contributed by atoms with Crippen LogP contribution < -0.4 is 0 Å². The lowest BCUT2D eigenvalue weighted by molar-refractivity contribution is 1.50. The van der Waals surface area contributed by atoms with Gasteiger partial charge in [-0.15, -0.1) is 0 Å². The molecule has 0 aromatic heterocycles. The number of hydrogen-bond donors (Lipinski definition) is 0. The van der Waals surface area contributed by atoms with Gasteiger partial charge in [0.25, 0.3) is 0 Å².